The summed E-state index contributed by atoms with van der Waals surface area (Å²) in [5, 5.41) is 11.6. The van der Waals surface area contributed by atoms with E-state index >= 15 is 0 Å². The first-order chi connectivity index (χ1) is 9.95. The largest absolute Gasteiger partial charge is 0.478 e. The molecule has 2 N–H and O–H groups in total. The van der Waals surface area contributed by atoms with Crippen LogP contribution in [0.5, 0.6) is 0 Å². The molecule has 2 aromatic rings. The topological polar surface area (TPSA) is 66.4 Å². The number of rotatable bonds is 4. The molecule has 1 aromatic heterocycles. The van der Waals surface area contributed by atoms with E-state index in [1.165, 1.54) is 23.5 Å². The van der Waals surface area contributed by atoms with E-state index in [9.17, 15) is 9.59 Å². The summed E-state index contributed by atoms with van der Waals surface area (Å²) in [6, 6.07) is 8.51. The van der Waals surface area contributed by atoms with Crippen LogP contribution in [0.1, 0.15) is 20.8 Å². The van der Waals surface area contributed by atoms with Crippen LogP contribution in [0.15, 0.2) is 40.2 Å². The van der Waals surface area contributed by atoms with E-state index in [0.29, 0.717) is 11.3 Å². The third-order valence-corrected chi connectivity index (χ3v) is 4.31. The SMILES string of the molecule is Cc1cc(NC(=O)C=Cc2ccc(Br)s2)ccc1C(=O)O. The number of nitrogens with one attached hydrogen (secondary N) is 1. The molecule has 1 amide bonds. The first kappa shape index (κ1) is 15.5. The summed E-state index contributed by atoms with van der Waals surface area (Å²) in [6.07, 6.45) is 3.17. The van der Waals surface area contributed by atoms with Gasteiger partial charge in [0.2, 0.25) is 5.91 Å². The fraction of sp³-hybridized carbons (Fsp3) is 0.0667. The number of hydrogen-bond acceptors (Lipinski definition) is 3. The highest BCUT2D eigenvalue weighted by atomic mass is 79.9. The van der Waals surface area contributed by atoms with Gasteiger partial charge in [-0.05, 0) is 64.8 Å². The van der Waals surface area contributed by atoms with Gasteiger partial charge in [-0.15, -0.1) is 11.3 Å². The average molecular weight is 366 g/mol. The number of halogens is 1. The second-order valence-electron chi connectivity index (χ2n) is 4.30. The van der Waals surface area contributed by atoms with Crippen LogP contribution in [0, 0.1) is 6.92 Å². The second-order valence-corrected chi connectivity index (χ2v) is 6.79. The van der Waals surface area contributed by atoms with Crippen molar-refractivity contribution in [1.82, 2.24) is 0 Å². The average Bonchev–Trinajstić information content (AvgIpc) is 2.82. The Morgan fingerprint density at radius 1 is 1.29 bits per heavy atom. The number of anilines is 1. The van der Waals surface area contributed by atoms with Crippen molar-refractivity contribution in [3.8, 4) is 0 Å². The van der Waals surface area contributed by atoms with Gasteiger partial charge in [0.05, 0.1) is 9.35 Å². The Bertz CT molecular complexity index is 721. The van der Waals surface area contributed by atoms with Gasteiger partial charge in [-0.1, -0.05) is 0 Å². The Morgan fingerprint density at radius 2 is 2.05 bits per heavy atom. The molecular formula is C15H12BrNO3S. The zero-order valence-electron chi connectivity index (χ0n) is 11.1. The lowest BCUT2D eigenvalue weighted by Gasteiger charge is -2.05. The van der Waals surface area contributed by atoms with Crippen LogP contribution in [-0.4, -0.2) is 17.0 Å². The van der Waals surface area contributed by atoms with E-state index < -0.39 is 5.97 Å². The van der Waals surface area contributed by atoms with Crippen LogP contribution in [0.4, 0.5) is 5.69 Å². The number of carboxylic acid groups (broad SMARTS) is 1. The number of carbonyl (C=O) groups excluding carboxylic acids is 1. The third-order valence-electron chi connectivity index (χ3n) is 2.72. The maximum absolute atomic E-state index is 11.8. The van der Waals surface area contributed by atoms with E-state index in [2.05, 4.69) is 21.2 Å². The van der Waals surface area contributed by atoms with E-state index in [1.807, 2.05) is 12.1 Å². The summed E-state index contributed by atoms with van der Waals surface area (Å²) in [5.74, 6) is -1.24. The molecule has 4 nitrogen and oxygen atoms in total. The molecule has 0 bridgehead atoms. The van der Waals surface area contributed by atoms with Crippen molar-refractivity contribution in [3.63, 3.8) is 0 Å². The molecular weight excluding hydrogens is 354 g/mol. The van der Waals surface area contributed by atoms with Gasteiger partial charge < -0.3 is 10.4 Å². The van der Waals surface area contributed by atoms with Crippen molar-refractivity contribution in [2.45, 2.75) is 6.92 Å². The molecule has 0 unspecified atom stereocenters. The van der Waals surface area contributed by atoms with Crippen molar-refractivity contribution in [1.29, 1.82) is 0 Å². The predicted octanol–water partition coefficient (Wildman–Crippen LogP) is 4.17. The highest BCUT2D eigenvalue weighted by Gasteiger charge is 2.07. The lowest BCUT2D eigenvalue weighted by molar-refractivity contribution is -0.111. The highest BCUT2D eigenvalue weighted by Crippen LogP contribution is 2.23. The zero-order valence-corrected chi connectivity index (χ0v) is 13.5. The van der Waals surface area contributed by atoms with Gasteiger partial charge in [0.1, 0.15) is 0 Å². The van der Waals surface area contributed by atoms with Gasteiger partial charge >= 0.3 is 5.97 Å². The summed E-state index contributed by atoms with van der Waals surface area (Å²) >= 11 is 4.88. The standard InChI is InChI=1S/C15H12BrNO3S/c1-9-8-10(2-5-12(9)15(19)20)17-14(18)7-4-11-3-6-13(16)21-11/h2-8H,1H3,(H,17,18)(H,19,20). The van der Waals surface area contributed by atoms with Gasteiger partial charge in [0.25, 0.3) is 0 Å². The summed E-state index contributed by atoms with van der Waals surface area (Å²) < 4.78 is 1.00. The van der Waals surface area contributed by atoms with Gasteiger partial charge in [0, 0.05) is 16.6 Å². The van der Waals surface area contributed by atoms with E-state index in [-0.39, 0.29) is 11.5 Å². The number of thiophene rings is 1. The first-order valence-corrected chi connectivity index (χ1v) is 7.65. The molecule has 0 aliphatic heterocycles. The summed E-state index contributed by atoms with van der Waals surface area (Å²) in [4.78, 5) is 23.7. The molecule has 0 atom stereocenters. The van der Waals surface area contributed by atoms with Crippen molar-refractivity contribution in [2.75, 3.05) is 5.32 Å². The fourth-order valence-corrected chi connectivity index (χ4v) is 3.07. The maximum atomic E-state index is 11.8. The Morgan fingerprint density at radius 3 is 2.62 bits per heavy atom. The van der Waals surface area contributed by atoms with Gasteiger partial charge in [0.15, 0.2) is 0 Å². The van der Waals surface area contributed by atoms with Crippen LogP contribution < -0.4 is 5.32 Å². The predicted molar refractivity (Wildman–Crippen MR) is 87.8 cm³/mol. The van der Waals surface area contributed by atoms with Gasteiger partial charge in [-0.3, -0.25) is 4.79 Å². The third kappa shape index (κ3) is 4.27. The van der Waals surface area contributed by atoms with Crippen LogP contribution in [-0.2, 0) is 4.79 Å². The minimum atomic E-state index is -0.978. The fourth-order valence-electron chi connectivity index (χ4n) is 1.74. The van der Waals surface area contributed by atoms with Crippen LogP contribution in [0.25, 0.3) is 6.08 Å². The normalized spacial score (nSPS) is 10.8. The number of aryl methyl sites for hydroxylation is 1. The van der Waals surface area contributed by atoms with E-state index in [4.69, 9.17) is 5.11 Å². The lowest BCUT2D eigenvalue weighted by atomic mass is 10.1. The number of carbonyl (C=O) groups is 2. The molecule has 2 rings (SSSR count). The van der Waals surface area contributed by atoms with Crippen LogP contribution in [0.2, 0.25) is 0 Å². The molecule has 1 aromatic carbocycles. The summed E-state index contributed by atoms with van der Waals surface area (Å²) in [7, 11) is 0. The first-order valence-electron chi connectivity index (χ1n) is 6.04. The van der Waals surface area contributed by atoms with Gasteiger partial charge in [-0.2, -0.15) is 0 Å². The lowest BCUT2D eigenvalue weighted by Crippen LogP contribution is -2.08. The van der Waals surface area contributed by atoms with Crippen molar-refractivity contribution in [2.24, 2.45) is 0 Å². The van der Waals surface area contributed by atoms with Crippen LogP contribution in [0.3, 0.4) is 0 Å². The quantitative estimate of drug-likeness (QED) is 0.799. The molecule has 6 heteroatoms. The van der Waals surface area contributed by atoms with Crippen molar-refractivity contribution < 1.29 is 14.7 Å². The molecule has 0 fully saturated rings. The van der Waals surface area contributed by atoms with Crippen molar-refractivity contribution in [3.05, 3.63) is 56.2 Å². The minimum absolute atomic E-state index is 0.229. The van der Waals surface area contributed by atoms with Crippen LogP contribution >= 0.6 is 27.3 Å². The molecule has 0 aliphatic rings. The number of hydrogen-bond donors (Lipinski definition) is 2. The zero-order chi connectivity index (χ0) is 15.4. The van der Waals surface area contributed by atoms with Gasteiger partial charge in [-0.25, -0.2) is 4.79 Å². The Labute approximate surface area is 134 Å². The summed E-state index contributed by atoms with van der Waals surface area (Å²) in [6.45, 7) is 1.69. The Balaban J connectivity index is 2.04. The molecule has 0 spiro atoms. The second kappa shape index (κ2) is 6.69. The summed E-state index contributed by atoms with van der Waals surface area (Å²) in [5.41, 5.74) is 1.40. The monoisotopic (exact) mass is 365 g/mol. The number of carboxylic acids is 1. The number of benzene rings is 1. The van der Waals surface area contributed by atoms with E-state index in [1.54, 1.807) is 25.1 Å². The Kier molecular flexibility index (Phi) is 4.93. The number of aromatic carboxylic acids is 1. The van der Waals surface area contributed by atoms with Crippen molar-refractivity contribution >= 4 is 50.9 Å². The highest BCUT2D eigenvalue weighted by molar-refractivity contribution is 9.11. The van der Waals surface area contributed by atoms with E-state index in [0.717, 1.165) is 8.66 Å². The Hall–Kier alpha value is -1.92. The molecule has 0 saturated heterocycles. The molecule has 0 saturated carbocycles. The molecule has 21 heavy (non-hydrogen) atoms. The smallest absolute Gasteiger partial charge is 0.335 e. The molecule has 0 aliphatic carbocycles. The molecule has 1 heterocycles. The number of amides is 1. The molecule has 0 radical (unpaired) electrons. The maximum Gasteiger partial charge on any atom is 0.335 e. The minimum Gasteiger partial charge on any atom is -0.478 e. The molecule has 108 valence electrons.